The second-order valence-corrected chi connectivity index (χ2v) is 8.93. The van der Waals surface area contributed by atoms with Crippen LogP contribution in [0.3, 0.4) is 0 Å². The maximum absolute atomic E-state index is 13.4. The Kier molecular flexibility index (Phi) is 4.38. The summed E-state index contributed by atoms with van der Waals surface area (Å²) in [5.41, 5.74) is 1.73. The molecule has 0 bridgehead atoms. The molecule has 1 N–H and O–H groups in total. The van der Waals surface area contributed by atoms with E-state index in [-0.39, 0.29) is 48.8 Å². The van der Waals surface area contributed by atoms with Gasteiger partial charge in [0.15, 0.2) is 5.60 Å². The summed E-state index contributed by atoms with van der Waals surface area (Å²) in [4.78, 5) is 42.1. The van der Waals surface area contributed by atoms with Crippen molar-refractivity contribution in [2.24, 2.45) is 0 Å². The van der Waals surface area contributed by atoms with Crippen molar-refractivity contribution in [1.29, 1.82) is 0 Å². The first-order valence-electron chi connectivity index (χ1n) is 11.2. The number of nitrogens with zero attached hydrogens (tertiary/aromatic N) is 2. The van der Waals surface area contributed by atoms with Gasteiger partial charge >= 0.3 is 5.97 Å². The molecule has 0 saturated carbocycles. The van der Waals surface area contributed by atoms with E-state index < -0.39 is 11.6 Å². The van der Waals surface area contributed by atoms with Gasteiger partial charge in [-0.2, -0.15) is 0 Å². The second-order valence-electron chi connectivity index (χ2n) is 8.93. The number of fused-ring (bicyclic) bond motifs is 5. The third-order valence-electron chi connectivity index (χ3n) is 6.99. The van der Waals surface area contributed by atoms with Crippen LogP contribution in [0.1, 0.15) is 48.9 Å². The normalized spacial score (nSPS) is 19.6. The predicted molar refractivity (Wildman–Crippen MR) is 120 cm³/mol. The van der Waals surface area contributed by atoms with E-state index in [0.717, 1.165) is 16.5 Å². The monoisotopic (exact) mass is 462 g/mol. The summed E-state index contributed by atoms with van der Waals surface area (Å²) in [6, 6.07) is 5.43. The number of aliphatic hydroxyl groups is 1. The number of hydrogen-bond donors (Lipinski definition) is 1. The molecule has 9 nitrogen and oxygen atoms in total. The van der Waals surface area contributed by atoms with Gasteiger partial charge in [-0.3, -0.25) is 4.79 Å². The van der Waals surface area contributed by atoms with E-state index in [0.29, 0.717) is 41.2 Å². The summed E-state index contributed by atoms with van der Waals surface area (Å²) >= 11 is 0. The van der Waals surface area contributed by atoms with E-state index in [1.807, 2.05) is 12.1 Å². The fraction of sp³-hybridized carbons (Fsp3) is 0.360. The molecule has 0 aliphatic carbocycles. The molecule has 1 atom stereocenters. The molecule has 0 amide bonds. The first-order valence-corrected chi connectivity index (χ1v) is 11.2. The van der Waals surface area contributed by atoms with Crippen LogP contribution >= 0.6 is 0 Å². The first kappa shape index (κ1) is 20.9. The molecule has 34 heavy (non-hydrogen) atoms. The number of carbonyl (C=O) groups excluding carboxylic acids is 2. The molecule has 9 heteroatoms. The minimum Gasteiger partial charge on any atom is -0.458 e. The van der Waals surface area contributed by atoms with Crippen LogP contribution in [-0.2, 0) is 39.5 Å². The van der Waals surface area contributed by atoms with Crippen molar-refractivity contribution in [3.8, 4) is 22.9 Å². The highest BCUT2D eigenvalue weighted by atomic mass is 16.7. The average Bonchev–Trinajstić information content (AvgIpc) is 3.20. The van der Waals surface area contributed by atoms with Gasteiger partial charge in [0.1, 0.15) is 23.9 Å². The number of cyclic esters (lactones) is 1. The number of aromatic nitrogens is 2. The lowest BCUT2D eigenvalue weighted by Crippen LogP contribution is -2.44. The maximum atomic E-state index is 13.4. The fourth-order valence-electron chi connectivity index (χ4n) is 5.12. The summed E-state index contributed by atoms with van der Waals surface area (Å²) < 4.78 is 18.5. The van der Waals surface area contributed by atoms with Crippen molar-refractivity contribution in [1.82, 2.24) is 9.55 Å². The Bertz CT molecular complexity index is 1490. The number of hydrogen-bond acceptors (Lipinski definition) is 8. The Morgan fingerprint density at radius 2 is 1.97 bits per heavy atom. The highest BCUT2D eigenvalue weighted by molar-refractivity contribution is 5.97. The third-order valence-corrected chi connectivity index (χ3v) is 6.99. The van der Waals surface area contributed by atoms with Crippen LogP contribution in [0.15, 0.2) is 23.0 Å². The van der Waals surface area contributed by atoms with E-state index in [4.69, 9.17) is 19.2 Å². The molecule has 174 valence electrons. The lowest BCUT2D eigenvalue weighted by Gasteiger charge is -2.31. The molecule has 0 unspecified atom stereocenters. The molecule has 0 radical (unpaired) electrons. The Hall–Kier alpha value is -3.72. The SMILES string of the molecule is CC[C@@]1(O)C(=O)OCc2c1cc1n(c2=O)Cc2c-1nc1ccc(CCC(C)=O)c3c1c2OCO3. The molecule has 3 aliphatic heterocycles. The summed E-state index contributed by atoms with van der Waals surface area (Å²) in [6.07, 6.45) is 1.04. The molecule has 2 aromatic heterocycles. The summed E-state index contributed by atoms with van der Waals surface area (Å²) in [5, 5.41) is 11.8. The Morgan fingerprint density at radius 1 is 1.18 bits per heavy atom. The Balaban J connectivity index is 1.58. The lowest BCUT2D eigenvalue weighted by atomic mass is 9.86. The Labute approximate surface area is 193 Å². The highest BCUT2D eigenvalue weighted by Gasteiger charge is 2.45. The third kappa shape index (κ3) is 2.70. The molecule has 6 rings (SSSR count). The zero-order valence-corrected chi connectivity index (χ0v) is 18.8. The van der Waals surface area contributed by atoms with Crippen LogP contribution in [-0.4, -0.2) is 33.2 Å². The number of ether oxygens (including phenoxy) is 3. The van der Waals surface area contributed by atoms with Crippen molar-refractivity contribution in [2.75, 3.05) is 6.79 Å². The largest absolute Gasteiger partial charge is 0.458 e. The van der Waals surface area contributed by atoms with Gasteiger partial charge in [-0.05, 0) is 37.5 Å². The van der Waals surface area contributed by atoms with Crippen LogP contribution in [0.25, 0.3) is 22.3 Å². The molecule has 3 aromatic rings. The predicted octanol–water partition coefficient (Wildman–Crippen LogP) is 2.33. The smallest absolute Gasteiger partial charge is 0.343 e. The minimum atomic E-state index is -1.88. The minimum absolute atomic E-state index is 0.00924. The number of rotatable bonds is 4. The van der Waals surface area contributed by atoms with Crippen LogP contribution in [0.4, 0.5) is 0 Å². The zero-order chi connectivity index (χ0) is 23.8. The Morgan fingerprint density at radius 3 is 2.74 bits per heavy atom. The molecule has 5 heterocycles. The molecule has 3 aliphatic rings. The summed E-state index contributed by atoms with van der Waals surface area (Å²) in [6.45, 7) is 3.30. The molecule has 1 aromatic carbocycles. The number of esters is 1. The van der Waals surface area contributed by atoms with Crippen molar-refractivity contribution in [2.45, 2.75) is 51.9 Å². The van der Waals surface area contributed by atoms with Gasteiger partial charge in [-0.25, -0.2) is 9.78 Å². The standard InChI is InChI=1S/C25H22N2O7/c1-3-25(31)16-8-18-20-14(9-27(18)23(29)15(16)10-32-24(25)30)22-19-17(26-20)7-6-13(5-4-12(2)28)21(19)33-11-34-22/h6-8,31H,3-5,9-11H2,1-2H3/t25-/m0/s1. The number of pyridine rings is 2. The van der Waals surface area contributed by atoms with Crippen LogP contribution in [0, 0.1) is 0 Å². The zero-order valence-electron chi connectivity index (χ0n) is 18.8. The highest BCUT2D eigenvalue weighted by Crippen LogP contribution is 2.47. The van der Waals surface area contributed by atoms with Gasteiger partial charge in [0.05, 0.1) is 34.4 Å². The quantitative estimate of drug-likeness (QED) is 0.460. The molecule has 0 fully saturated rings. The summed E-state index contributed by atoms with van der Waals surface area (Å²) in [7, 11) is 0. The first-order chi connectivity index (χ1) is 16.3. The van der Waals surface area contributed by atoms with Gasteiger partial charge in [-0.15, -0.1) is 0 Å². The second kappa shape index (κ2) is 7.14. The van der Waals surface area contributed by atoms with E-state index >= 15 is 0 Å². The lowest BCUT2D eigenvalue weighted by molar-refractivity contribution is -0.172. The fourth-order valence-corrected chi connectivity index (χ4v) is 5.12. The van der Waals surface area contributed by atoms with E-state index in [1.54, 1.807) is 24.5 Å². The van der Waals surface area contributed by atoms with Gasteiger partial charge < -0.3 is 28.7 Å². The number of benzene rings is 1. The van der Waals surface area contributed by atoms with Gasteiger partial charge in [0.25, 0.3) is 5.56 Å². The number of carbonyl (C=O) groups is 2. The molecular weight excluding hydrogens is 440 g/mol. The molecular formula is C25H22N2O7. The van der Waals surface area contributed by atoms with Gasteiger partial charge in [0.2, 0.25) is 6.79 Å². The topological polar surface area (TPSA) is 117 Å². The van der Waals surface area contributed by atoms with Crippen LogP contribution in [0.5, 0.6) is 11.5 Å². The van der Waals surface area contributed by atoms with Gasteiger partial charge in [0, 0.05) is 17.5 Å². The molecule has 0 spiro atoms. The maximum Gasteiger partial charge on any atom is 0.343 e. The average molecular weight is 462 g/mol. The van der Waals surface area contributed by atoms with Crippen molar-refractivity contribution >= 4 is 22.7 Å². The summed E-state index contributed by atoms with van der Waals surface area (Å²) in [5.74, 6) is 0.595. The number of ketones is 1. The van der Waals surface area contributed by atoms with Crippen molar-refractivity contribution in [3.63, 3.8) is 0 Å². The van der Waals surface area contributed by atoms with E-state index in [9.17, 15) is 19.5 Å². The van der Waals surface area contributed by atoms with Crippen LogP contribution < -0.4 is 15.0 Å². The van der Waals surface area contributed by atoms with Crippen molar-refractivity contribution < 1.29 is 28.9 Å². The number of aryl methyl sites for hydroxylation is 1. The van der Waals surface area contributed by atoms with E-state index in [2.05, 4.69) is 0 Å². The number of Topliss-reactive ketones (excluding diaryl/α,β-unsaturated/α-hetero) is 1. The van der Waals surface area contributed by atoms with Crippen molar-refractivity contribution in [3.05, 3.63) is 50.8 Å². The van der Waals surface area contributed by atoms with E-state index in [1.165, 1.54) is 0 Å². The molecule has 0 saturated heterocycles. The van der Waals surface area contributed by atoms with Crippen LogP contribution in [0.2, 0.25) is 0 Å². The van der Waals surface area contributed by atoms with Gasteiger partial charge in [-0.1, -0.05) is 13.0 Å².